The van der Waals surface area contributed by atoms with Gasteiger partial charge in [-0.1, -0.05) is 25.1 Å². The Kier molecular flexibility index (Phi) is 2.56. The van der Waals surface area contributed by atoms with E-state index in [2.05, 4.69) is 10.3 Å². The second-order valence-electron chi connectivity index (χ2n) is 4.69. The maximum Gasteiger partial charge on any atom is 0.228 e. The van der Waals surface area contributed by atoms with Gasteiger partial charge in [0.15, 0.2) is 9.84 Å². The van der Waals surface area contributed by atoms with Gasteiger partial charge < -0.3 is 5.32 Å². The molecule has 0 spiro atoms. The molecule has 0 saturated heterocycles. The topological polar surface area (TPSA) is 76.1 Å². The first-order valence-electron chi connectivity index (χ1n) is 5.90. The number of amides is 1. The Balaban J connectivity index is 2.40. The van der Waals surface area contributed by atoms with Crippen molar-refractivity contribution in [2.75, 3.05) is 11.1 Å². The SMILES string of the molecule is CC1CS(=O)(=O)c2c(cnc3ccccc23)NC1=O. The summed E-state index contributed by atoms with van der Waals surface area (Å²) in [5.41, 5.74) is 0.877. The molecule has 1 aliphatic heterocycles. The summed E-state index contributed by atoms with van der Waals surface area (Å²) in [6.07, 6.45) is 1.41. The molecule has 0 bridgehead atoms. The largest absolute Gasteiger partial charge is 0.323 e. The summed E-state index contributed by atoms with van der Waals surface area (Å²) in [7, 11) is -3.51. The second kappa shape index (κ2) is 4.03. The van der Waals surface area contributed by atoms with Crippen LogP contribution in [0.3, 0.4) is 0 Å². The molecule has 2 heterocycles. The van der Waals surface area contributed by atoms with Crippen molar-refractivity contribution in [3.05, 3.63) is 30.5 Å². The number of nitrogens with zero attached hydrogens (tertiary/aromatic N) is 1. The van der Waals surface area contributed by atoms with Crippen molar-refractivity contribution in [1.29, 1.82) is 0 Å². The summed E-state index contributed by atoms with van der Waals surface area (Å²) in [6.45, 7) is 1.61. The first kappa shape index (κ1) is 12.1. The zero-order valence-corrected chi connectivity index (χ0v) is 11.1. The molecule has 1 atom stereocenters. The van der Waals surface area contributed by atoms with Gasteiger partial charge in [-0.05, 0) is 6.07 Å². The lowest BCUT2D eigenvalue weighted by molar-refractivity contribution is -0.118. The number of carbonyl (C=O) groups is 1. The molecule has 0 saturated carbocycles. The molecule has 1 aromatic carbocycles. The van der Waals surface area contributed by atoms with Crippen LogP contribution in [-0.2, 0) is 14.6 Å². The fourth-order valence-corrected chi connectivity index (χ4v) is 4.21. The van der Waals surface area contributed by atoms with Gasteiger partial charge >= 0.3 is 0 Å². The number of nitrogens with one attached hydrogen (secondary N) is 1. The molecule has 19 heavy (non-hydrogen) atoms. The van der Waals surface area contributed by atoms with E-state index in [0.717, 1.165) is 0 Å². The average molecular weight is 276 g/mol. The Labute approximate surface area is 110 Å². The first-order chi connectivity index (χ1) is 8.99. The van der Waals surface area contributed by atoms with Crippen LogP contribution in [0, 0.1) is 5.92 Å². The number of benzene rings is 1. The average Bonchev–Trinajstić information content (AvgIpc) is 2.45. The monoisotopic (exact) mass is 276 g/mol. The van der Waals surface area contributed by atoms with Crippen LogP contribution in [0.2, 0.25) is 0 Å². The van der Waals surface area contributed by atoms with Crippen LogP contribution in [-0.4, -0.2) is 25.1 Å². The van der Waals surface area contributed by atoms with Crippen LogP contribution in [0.25, 0.3) is 10.9 Å². The van der Waals surface area contributed by atoms with Gasteiger partial charge in [0.25, 0.3) is 0 Å². The van der Waals surface area contributed by atoms with Crippen molar-refractivity contribution >= 4 is 32.3 Å². The number of pyridine rings is 1. The van der Waals surface area contributed by atoms with Crippen molar-refractivity contribution < 1.29 is 13.2 Å². The van der Waals surface area contributed by atoms with Crippen LogP contribution in [0.1, 0.15) is 6.92 Å². The van der Waals surface area contributed by atoms with Crippen molar-refractivity contribution in [1.82, 2.24) is 4.98 Å². The Morgan fingerprint density at radius 1 is 1.32 bits per heavy atom. The number of rotatable bonds is 0. The van der Waals surface area contributed by atoms with Crippen molar-refractivity contribution in [3.63, 3.8) is 0 Å². The van der Waals surface area contributed by atoms with Gasteiger partial charge in [0.05, 0.1) is 23.2 Å². The molecule has 2 aromatic rings. The van der Waals surface area contributed by atoms with Crippen LogP contribution < -0.4 is 5.32 Å². The highest BCUT2D eigenvalue weighted by molar-refractivity contribution is 7.91. The molecule has 5 nitrogen and oxygen atoms in total. The minimum Gasteiger partial charge on any atom is -0.323 e. The molecule has 98 valence electrons. The molecule has 6 heteroatoms. The lowest BCUT2D eigenvalue weighted by Gasteiger charge is -2.09. The molecule has 1 aromatic heterocycles. The van der Waals surface area contributed by atoms with Gasteiger partial charge in [0, 0.05) is 11.3 Å². The van der Waals surface area contributed by atoms with E-state index in [1.807, 2.05) is 0 Å². The summed E-state index contributed by atoms with van der Waals surface area (Å²) >= 11 is 0. The van der Waals surface area contributed by atoms with Crippen LogP contribution in [0.4, 0.5) is 5.69 Å². The van der Waals surface area contributed by atoms with Gasteiger partial charge in [-0.2, -0.15) is 0 Å². The van der Waals surface area contributed by atoms with E-state index in [1.165, 1.54) is 6.20 Å². The maximum absolute atomic E-state index is 12.4. The van der Waals surface area contributed by atoms with E-state index < -0.39 is 15.8 Å². The molecule has 1 amide bonds. The Bertz CT molecular complexity index is 784. The van der Waals surface area contributed by atoms with Gasteiger partial charge in [-0.25, -0.2) is 8.42 Å². The zero-order valence-electron chi connectivity index (χ0n) is 10.3. The fourth-order valence-electron chi connectivity index (χ4n) is 2.28. The summed E-state index contributed by atoms with van der Waals surface area (Å²) in [4.78, 5) is 16.2. The zero-order chi connectivity index (χ0) is 13.6. The number of aromatic nitrogens is 1. The quantitative estimate of drug-likeness (QED) is 0.793. The number of hydrogen-bond donors (Lipinski definition) is 1. The third-order valence-corrected chi connectivity index (χ3v) is 5.21. The normalized spacial score (nSPS) is 21.5. The number of para-hydroxylation sites is 1. The minimum absolute atomic E-state index is 0.177. The van der Waals surface area contributed by atoms with E-state index in [9.17, 15) is 13.2 Å². The molecular weight excluding hydrogens is 264 g/mol. The number of carbonyl (C=O) groups excluding carboxylic acids is 1. The molecule has 1 aliphatic rings. The van der Waals surface area contributed by atoms with E-state index >= 15 is 0 Å². The number of anilines is 1. The highest BCUT2D eigenvalue weighted by Crippen LogP contribution is 2.33. The lowest BCUT2D eigenvalue weighted by atomic mass is 10.2. The molecule has 0 aliphatic carbocycles. The Morgan fingerprint density at radius 3 is 2.84 bits per heavy atom. The Hall–Kier alpha value is -1.95. The van der Waals surface area contributed by atoms with Crippen molar-refractivity contribution in [2.45, 2.75) is 11.8 Å². The van der Waals surface area contributed by atoms with Gasteiger partial charge in [-0.3, -0.25) is 9.78 Å². The van der Waals surface area contributed by atoms with Crippen LogP contribution in [0.5, 0.6) is 0 Å². The standard InChI is InChI=1S/C13H12N2O3S/c1-8-7-19(17,18)12-9-4-2-3-5-10(9)14-6-11(12)15-13(8)16/h2-6,8H,7H2,1H3,(H,15,16). The lowest BCUT2D eigenvalue weighted by Crippen LogP contribution is -2.22. The van der Waals surface area contributed by atoms with E-state index in [-0.39, 0.29) is 22.2 Å². The highest BCUT2D eigenvalue weighted by Gasteiger charge is 2.32. The second-order valence-corrected chi connectivity index (χ2v) is 6.66. The molecule has 0 radical (unpaired) electrons. The number of sulfone groups is 1. The summed E-state index contributed by atoms with van der Waals surface area (Å²) in [5, 5.41) is 3.19. The number of fused-ring (bicyclic) bond motifs is 3. The molecule has 1 N–H and O–H groups in total. The van der Waals surface area contributed by atoms with E-state index in [1.54, 1.807) is 31.2 Å². The van der Waals surface area contributed by atoms with Gasteiger partial charge in [0.2, 0.25) is 5.91 Å². The van der Waals surface area contributed by atoms with Gasteiger partial charge in [-0.15, -0.1) is 0 Å². The fraction of sp³-hybridized carbons (Fsp3) is 0.231. The summed E-state index contributed by atoms with van der Waals surface area (Å²) in [6, 6.07) is 7.02. The highest BCUT2D eigenvalue weighted by atomic mass is 32.2. The molecule has 1 unspecified atom stereocenters. The third-order valence-electron chi connectivity index (χ3n) is 3.21. The first-order valence-corrected chi connectivity index (χ1v) is 7.55. The molecular formula is C13H12N2O3S. The van der Waals surface area contributed by atoms with Crippen LogP contribution in [0.15, 0.2) is 35.4 Å². The maximum atomic E-state index is 12.4. The summed E-state index contributed by atoms with van der Waals surface area (Å²) in [5.74, 6) is -1.05. The van der Waals surface area contributed by atoms with Crippen molar-refractivity contribution in [2.24, 2.45) is 5.92 Å². The predicted molar refractivity (Wildman–Crippen MR) is 71.6 cm³/mol. The summed E-state index contributed by atoms with van der Waals surface area (Å²) < 4.78 is 24.9. The van der Waals surface area contributed by atoms with Gasteiger partial charge in [0.1, 0.15) is 4.90 Å². The van der Waals surface area contributed by atoms with E-state index in [4.69, 9.17) is 0 Å². The molecule has 0 fully saturated rings. The molecule has 3 rings (SSSR count). The minimum atomic E-state index is -3.51. The van der Waals surface area contributed by atoms with E-state index in [0.29, 0.717) is 10.9 Å². The predicted octanol–water partition coefficient (Wildman–Crippen LogP) is 1.60. The van der Waals surface area contributed by atoms with Crippen LogP contribution >= 0.6 is 0 Å². The van der Waals surface area contributed by atoms with Crippen molar-refractivity contribution in [3.8, 4) is 0 Å². The third kappa shape index (κ3) is 1.88. The smallest absolute Gasteiger partial charge is 0.228 e. The number of hydrogen-bond acceptors (Lipinski definition) is 4. The Morgan fingerprint density at radius 2 is 2.05 bits per heavy atom.